The van der Waals surface area contributed by atoms with Gasteiger partial charge in [-0.2, -0.15) is 5.10 Å². The van der Waals surface area contributed by atoms with Crippen molar-refractivity contribution >= 4 is 5.91 Å². The summed E-state index contributed by atoms with van der Waals surface area (Å²) in [5.74, 6) is 2.53. The fourth-order valence-electron chi connectivity index (χ4n) is 4.25. The number of amides is 1. The minimum atomic E-state index is 0.0288. The predicted molar refractivity (Wildman–Crippen MR) is 140 cm³/mol. The van der Waals surface area contributed by atoms with Gasteiger partial charge < -0.3 is 14.4 Å². The molecule has 1 heterocycles. The highest BCUT2D eigenvalue weighted by Crippen LogP contribution is 2.35. The van der Waals surface area contributed by atoms with E-state index in [1.54, 1.807) is 7.11 Å². The quantitative estimate of drug-likeness (QED) is 0.280. The summed E-state index contributed by atoms with van der Waals surface area (Å²) >= 11 is 0. The van der Waals surface area contributed by atoms with Crippen LogP contribution in [-0.4, -0.2) is 34.2 Å². The zero-order valence-corrected chi connectivity index (χ0v) is 21.0. The maximum Gasteiger partial charge on any atom is 0.254 e. The number of carbonyl (C=O) groups excluding carboxylic acids is 1. The molecule has 1 saturated carbocycles. The van der Waals surface area contributed by atoms with Crippen LogP contribution >= 0.6 is 0 Å². The maximum atomic E-state index is 13.6. The molecule has 0 aliphatic heterocycles. The van der Waals surface area contributed by atoms with Crippen LogP contribution in [0.4, 0.5) is 0 Å². The highest BCUT2D eigenvalue weighted by molar-refractivity contribution is 5.94. The Kier molecular flexibility index (Phi) is 6.76. The number of benzene rings is 3. The van der Waals surface area contributed by atoms with Crippen molar-refractivity contribution in [2.75, 3.05) is 13.7 Å². The number of carbonyl (C=O) groups is 1. The van der Waals surface area contributed by atoms with Gasteiger partial charge in [-0.15, -0.1) is 0 Å². The second-order valence-corrected chi connectivity index (χ2v) is 9.39. The Morgan fingerprint density at radius 3 is 2.39 bits per heavy atom. The molecular formula is C30H31N3O3. The topological polar surface area (TPSA) is 56.6 Å². The SMILES string of the molecule is COc1cccc(Oc2c(CN(CC3CC3)C(=O)c3ccc(C)cc3)c(C)nn2-c2ccccc2)c1. The first-order valence-corrected chi connectivity index (χ1v) is 12.3. The smallest absolute Gasteiger partial charge is 0.254 e. The van der Waals surface area contributed by atoms with Gasteiger partial charge in [0.05, 0.1) is 30.6 Å². The Labute approximate surface area is 212 Å². The van der Waals surface area contributed by atoms with Crippen LogP contribution in [0.1, 0.15) is 40.0 Å². The summed E-state index contributed by atoms with van der Waals surface area (Å²) in [5.41, 5.74) is 4.44. The zero-order valence-electron chi connectivity index (χ0n) is 21.0. The third-order valence-electron chi connectivity index (χ3n) is 6.50. The minimum Gasteiger partial charge on any atom is -0.497 e. The Bertz CT molecular complexity index is 1340. The Morgan fingerprint density at radius 1 is 0.972 bits per heavy atom. The summed E-state index contributed by atoms with van der Waals surface area (Å²) in [6, 6.07) is 25.2. The molecule has 0 unspecified atom stereocenters. The van der Waals surface area contributed by atoms with Crippen LogP contribution in [0.2, 0.25) is 0 Å². The molecule has 1 aromatic heterocycles. The van der Waals surface area contributed by atoms with Gasteiger partial charge in [0.25, 0.3) is 5.91 Å². The van der Waals surface area contributed by atoms with Gasteiger partial charge in [0.2, 0.25) is 5.88 Å². The van der Waals surface area contributed by atoms with E-state index in [-0.39, 0.29) is 5.91 Å². The standard InChI is InChI=1S/C30H31N3O3/c1-21-12-16-24(17-13-21)29(34)32(19-23-14-15-23)20-28-22(2)31-33(25-8-5-4-6-9-25)30(28)36-27-11-7-10-26(18-27)35-3/h4-13,16-18,23H,14-15,19-20H2,1-3H3. The molecule has 0 spiro atoms. The largest absolute Gasteiger partial charge is 0.497 e. The first-order chi connectivity index (χ1) is 17.5. The Hall–Kier alpha value is -4.06. The second-order valence-electron chi connectivity index (χ2n) is 9.39. The van der Waals surface area contributed by atoms with Crippen LogP contribution < -0.4 is 9.47 Å². The number of nitrogens with zero attached hydrogens (tertiary/aromatic N) is 3. The summed E-state index contributed by atoms with van der Waals surface area (Å²) in [7, 11) is 1.63. The van der Waals surface area contributed by atoms with Gasteiger partial charge in [0.1, 0.15) is 11.5 Å². The third-order valence-corrected chi connectivity index (χ3v) is 6.50. The summed E-state index contributed by atoms with van der Waals surface area (Å²) in [4.78, 5) is 15.6. The van der Waals surface area contributed by atoms with Gasteiger partial charge in [-0.1, -0.05) is 42.0 Å². The number of aromatic nitrogens is 2. The lowest BCUT2D eigenvalue weighted by Crippen LogP contribution is -2.32. The predicted octanol–water partition coefficient (Wildman–Crippen LogP) is 6.34. The van der Waals surface area contributed by atoms with Crippen molar-refractivity contribution in [3.05, 3.63) is 101 Å². The van der Waals surface area contributed by atoms with E-state index < -0.39 is 0 Å². The summed E-state index contributed by atoms with van der Waals surface area (Å²) < 4.78 is 13.7. The van der Waals surface area contributed by atoms with Gasteiger partial charge in [0.15, 0.2) is 0 Å². The molecule has 1 aliphatic carbocycles. The lowest BCUT2D eigenvalue weighted by Gasteiger charge is -2.23. The van der Waals surface area contributed by atoms with E-state index in [0.29, 0.717) is 35.4 Å². The molecule has 6 nitrogen and oxygen atoms in total. The van der Waals surface area contributed by atoms with Gasteiger partial charge >= 0.3 is 0 Å². The molecule has 6 heteroatoms. The molecule has 36 heavy (non-hydrogen) atoms. The van der Waals surface area contributed by atoms with E-state index in [0.717, 1.165) is 41.9 Å². The molecule has 0 radical (unpaired) electrons. The van der Waals surface area contributed by atoms with Crippen molar-refractivity contribution in [1.29, 1.82) is 0 Å². The highest BCUT2D eigenvalue weighted by atomic mass is 16.5. The molecule has 0 atom stereocenters. The van der Waals surface area contributed by atoms with Crippen molar-refractivity contribution in [1.82, 2.24) is 14.7 Å². The van der Waals surface area contributed by atoms with Gasteiger partial charge in [-0.25, -0.2) is 4.68 Å². The summed E-state index contributed by atoms with van der Waals surface area (Å²) in [6.07, 6.45) is 2.32. The number of ether oxygens (including phenoxy) is 2. The molecule has 3 aromatic carbocycles. The van der Waals surface area contributed by atoms with Crippen LogP contribution in [0.3, 0.4) is 0 Å². The fourth-order valence-corrected chi connectivity index (χ4v) is 4.25. The number of hydrogen-bond acceptors (Lipinski definition) is 4. The molecular weight excluding hydrogens is 450 g/mol. The second kappa shape index (κ2) is 10.3. The number of hydrogen-bond donors (Lipinski definition) is 0. The molecule has 1 amide bonds. The van der Waals surface area contributed by atoms with E-state index in [1.165, 1.54) is 0 Å². The highest BCUT2D eigenvalue weighted by Gasteiger charge is 2.30. The van der Waals surface area contributed by atoms with Crippen LogP contribution in [0.25, 0.3) is 5.69 Å². The van der Waals surface area contributed by atoms with E-state index in [9.17, 15) is 4.79 Å². The lowest BCUT2D eigenvalue weighted by atomic mass is 10.1. The van der Waals surface area contributed by atoms with Crippen molar-refractivity contribution in [2.45, 2.75) is 33.2 Å². The summed E-state index contributed by atoms with van der Waals surface area (Å²) in [6.45, 7) is 5.14. The Morgan fingerprint density at radius 2 is 1.69 bits per heavy atom. The van der Waals surface area contributed by atoms with Gasteiger partial charge in [-0.3, -0.25) is 4.79 Å². The van der Waals surface area contributed by atoms with Crippen molar-refractivity contribution in [2.24, 2.45) is 5.92 Å². The third kappa shape index (κ3) is 5.28. The van der Waals surface area contributed by atoms with Crippen molar-refractivity contribution < 1.29 is 14.3 Å². The average Bonchev–Trinajstić information content (AvgIpc) is 3.68. The van der Waals surface area contributed by atoms with E-state index in [2.05, 4.69) is 0 Å². The monoisotopic (exact) mass is 481 g/mol. The molecule has 1 fully saturated rings. The first kappa shape index (κ1) is 23.7. The van der Waals surface area contributed by atoms with E-state index >= 15 is 0 Å². The fraction of sp³-hybridized carbons (Fsp3) is 0.267. The lowest BCUT2D eigenvalue weighted by molar-refractivity contribution is 0.0733. The Balaban J connectivity index is 1.54. The maximum absolute atomic E-state index is 13.6. The number of methoxy groups -OCH3 is 1. The van der Waals surface area contributed by atoms with Crippen LogP contribution in [0.5, 0.6) is 17.4 Å². The van der Waals surface area contributed by atoms with Crippen LogP contribution in [0.15, 0.2) is 78.9 Å². The zero-order chi connectivity index (χ0) is 25.1. The van der Waals surface area contributed by atoms with Crippen molar-refractivity contribution in [3.63, 3.8) is 0 Å². The first-order valence-electron chi connectivity index (χ1n) is 12.3. The molecule has 4 aromatic rings. The number of para-hydroxylation sites is 1. The molecule has 0 bridgehead atoms. The normalized spacial score (nSPS) is 12.9. The van der Waals surface area contributed by atoms with Crippen molar-refractivity contribution in [3.8, 4) is 23.1 Å². The molecule has 5 rings (SSSR count). The van der Waals surface area contributed by atoms with Crippen LogP contribution in [-0.2, 0) is 6.54 Å². The minimum absolute atomic E-state index is 0.0288. The molecule has 0 saturated heterocycles. The van der Waals surface area contributed by atoms with E-state index in [1.807, 2.05) is 102 Å². The van der Waals surface area contributed by atoms with E-state index in [4.69, 9.17) is 14.6 Å². The molecule has 184 valence electrons. The number of rotatable bonds is 9. The van der Waals surface area contributed by atoms with Gasteiger partial charge in [0, 0.05) is 18.2 Å². The summed E-state index contributed by atoms with van der Waals surface area (Å²) in [5, 5.41) is 4.83. The molecule has 1 aliphatic rings. The van der Waals surface area contributed by atoms with Crippen LogP contribution in [0, 0.1) is 19.8 Å². The average molecular weight is 482 g/mol. The number of aryl methyl sites for hydroxylation is 2. The molecule has 0 N–H and O–H groups in total. The van der Waals surface area contributed by atoms with Gasteiger partial charge in [-0.05, 0) is 69.0 Å².